The van der Waals surface area contributed by atoms with E-state index in [0.717, 1.165) is 34.2 Å². The molecule has 3 aromatic rings. The predicted octanol–water partition coefficient (Wildman–Crippen LogP) is 3.96. The van der Waals surface area contributed by atoms with Crippen LogP contribution >= 0.6 is 11.8 Å². The third-order valence-corrected chi connectivity index (χ3v) is 5.96. The number of rotatable bonds is 11. The van der Waals surface area contributed by atoms with Crippen molar-refractivity contribution in [1.29, 1.82) is 0 Å². The van der Waals surface area contributed by atoms with E-state index in [1.54, 1.807) is 14.2 Å². The molecule has 0 fully saturated rings. The van der Waals surface area contributed by atoms with Crippen molar-refractivity contribution >= 4 is 11.8 Å². The van der Waals surface area contributed by atoms with Crippen LogP contribution in [-0.4, -0.2) is 52.6 Å². The summed E-state index contributed by atoms with van der Waals surface area (Å²) in [5, 5.41) is 19.9. The molecule has 0 aliphatic heterocycles. The maximum Gasteiger partial charge on any atom is 0.191 e. The first kappa shape index (κ1) is 23.1. The minimum Gasteiger partial charge on any atom is -0.493 e. The molecule has 166 valence electrons. The molecule has 0 aliphatic rings. The van der Waals surface area contributed by atoms with E-state index < -0.39 is 6.10 Å². The van der Waals surface area contributed by atoms with Gasteiger partial charge in [0.05, 0.1) is 33.5 Å². The number of benzene rings is 2. The molecule has 0 radical (unpaired) electrons. The molecule has 0 aliphatic carbocycles. The van der Waals surface area contributed by atoms with Crippen molar-refractivity contribution in [3.8, 4) is 22.9 Å². The maximum atomic E-state index is 10.4. The predicted molar refractivity (Wildman–Crippen MR) is 122 cm³/mol. The monoisotopic (exact) mass is 443 g/mol. The molecule has 8 heteroatoms. The van der Waals surface area contributed by atoms with Crippen LogP contribution in [0.1, 0.15) is 18.1 Å². The summed E-state index contributed by atoms with van der Waals surface area (Å²) in [7, 11) is 3.20. The summed E-state index contributed by atoms with van der Waals surface area (Å²) < 4.78 is 18.3. The second kappa shape index (κ2) is 11.2. The van der Waals surface area contributed by atoms with Crippen molar-refractivity contribution in [2.75, 3.05) is 26.6 Å². The van der Waals surface area contributed by atoms with Crippen LogP contribution in [0.4, 0.5) is 0 Å². The molecule has 2 aromatic carbocycles. The number of hydrogen-bond donors (Lipinski definition) is 1. The molecule has 1 atom stereocenters. The minimum atomic E-state index is -0.617. The van der Waals surface area contributed by atoms with Gasteiger partial charge in [-0.1, -0.05) is 42.1 Å². The lowest BCUT2D eigenvalue weighted by molar-refractivity contribution is 0.0397. The molecule has 3 rings (SSSR count). The van der Waals surface area contributed by atoms with Gasteiger partial charge in [-0.2, -0.15) is 0 Å². The molecule has 0 spiro atoms. The van der Waals surface area contributed by atoms with E-state index in [0.29, 0.717) is 23.9 Å². The van der Waals surface area contributed by atoms with Gasteiger partial charge in [-0.15, -0.1) is 10.2 Å². The van der Waals surface area contributed by atoms with Crippen LogP contribution in [0.2, 0.25) is 0 Å². The Morgan fingerprint density at radius 2 is 1.84 bits per heavy atom. The highest BCUT2D eigenvalue weighted by molar-refractivity contribution is 7.99. The van der Waals surface area contributed by atoms with E-state index in [9.17, 15) is 5.11 Å². The Kier molecular flexibility index (Phi) is 8.34. The van der Waals surface area contributed by atoms with E-state index >= 15 is 0 Å². The zero-order valence-electron chi connectivity index (χ0n) is 18.4. The Hall–Kier alpha value is -2.55. The number of methoxy groups -OCH3 is 2. The lowest BCUT2D eigenvalue weighted by Crippen LogP contribution is -2.18. The van der Waals surface area contributed by atoms with Gasteiger partial charge in [-0.05, 0) is 37.1 Å². The van der Waals surface area contributed by atoms with Gasteiger partial charge in [0.1, 0.15) is 0 Å². The summed E-state index contributed by atoms with van der Waals surface area (Å²) in [5.74, 6) is 2.65. The number of ether oxygens (including phenoxy) is 3. The summed E-state index contributed by atoms with van der Waals surface area (Å²) in [5.41, 5.74) is 3.18. The highest BCUT2D eigenvalue weighted by Crippen LogP contribution is 2.28. The zero-order chi connectivity index (χ0) is 22.2. The van der Waals surface area contributed by atoms with Crippen molar-refractivity contribution in [2.45, 2.75) is 38.3 Å². The lowest BCUT2D eigenvalue weighted by atomic mass is 10.1. The summed E-state index contributed by atoms with van der Waals surface area (Å²) in [6.07, 6.45) is -0.617. The maximum absolute atomic E-state index is 10.4. The number of nitrogens with zero attached hydrogens (tertiary/aromatic N) is 3. The van der Waals surface area contributed by atoms with Crippen molar-refractivity contribution in [3.05, 3.63) is 53.6 Å². The van der Waals surface area contributed by atoms with E-state index in [1.807, 2.05) is 30.3 Å². The number of aromatic nitrogens is 3. The van der Waals surface area contributed by atoms with Crippen LogP contribution in [0.25, 0.3) is 11.4 Å². The first-order chi connectivity index (χ1) is 15.1. The molecule has 31 heavy (non-hydrogen) atoms. The number of hydrogen-bond acceptors (Lipinski definition) is 7. The van der Waals surface area contributed by atoms with Crippen molar-refractivity contribution in [3.63, 3.8) is 0 Å². The Bertz CT molecular complexity index is 993. The van der Waals surface area contributed by atoms with Gasteiger partial charge in [-0.25, -0.2) is 0 Å². The Labute approximate surface area is 187 Å². The lowest BCUT2D eigenvalue weighted by Gasteiger charge is -2.13. The third-order valence-electron chi connectivity index (χ3n) is 4.85. The number of aliphatic hydroxyl groups is 1. The second-order valence-corrected chi connectivity index (χ2v) is 8.02. The van der Waals surface area contributed by atoms with Gasteiger partial charge in [0, 0.05) is 17.9 Å². The zero-order valence-corrected chi connectivity index (χ0v) is 19.2. The van der Waals surface area contributed by atoms with Crippen molar-refractivity contribution in [1.82, 2.24) is 14.8 Å². The van der Waals surface area contributed by atoms with Gasteiger partial charge >= 0.3 is 0 Å². The molecule has 0 bridgehead atoms. The minimum absolute atomic E-state index is 0.228. The molecule has 0 amide bonds. The van der Waals surface area contributed by atoms with Crippen LogP contribution in [0.3, 0.4) is 0 Å². The van der Waals surface area contributed by atoms with E-state index in [4.69, 9.17) is 14.2 Å². The Morgan fingerprint density at radius 1 is 1.06 bits per heavy atom. The van der Waals surface area contributed by atoms with E-state index in [1.165, 1.54) is 11.8 Å². The van der Waals surface area contributed by atoms with Crippen LogP contribution in [0, 0.1) is 6.92 Å². The largest absolute Gasteiger partial charge is 0.493 e. The number of aryl methyl sites for hydroxylation is 1. The highest BCUT2D eigenvalue weighted by atomic mass is 32.2. The van der Waals surface area contributed by atoms with E-state index in [-0.39, 0.29) is 6.61 Å². The second-order valence-electron chi connectivity index (χ2n) is 7.03. The van der Waals surface area contributed by atoms with Gasteiger partial charge in [0.25, 0.3) is 0 Å². The van der Waals surface area contributed by atoms with Gasteiger partial charge in [-0.3, -0.25) is 0 Å². The van der Waals surface area contributed by atoms with Crippen LogP contribution < -0.4 is 9.47 Å². The highest BCUT2D eigenvalue weighted by Gasteiger charge is 2.16. The number of aliphatic hydroxyl groups excluding tert-OH is 1. The van der Waals surface area contributed by atoms with Crippen LogP contribution in [-0.2, 0) is 17.9 Å². The fraction of sp³-hybridized carbons (Fsp3) is 0.391. The molecule has 7 nitrogen and oxygen atoms in total. The average Bonchev–Trinajstić information content (AvgIpc) is 3.20. The third kappa shape index (κ3) is 5.78. The molecule has 0 saturated heterocycles. The van der Waals surface area contributed by atoms with Crippen molar-refractivity contribution in [2.24, 2.45) is 0 Å². The van der Waals surface area contributed by atoms with Gasteiger partial charge in [0.2, 0.25) is 0 Å². The van der Waals surface area contributed by atoms with Crippen molar-refractivity contribution < 1.29 is 19.3 Å². The summed E-state index contributed by atoms with van der Waals surface area (Å²) >= 11 is 1.48. The average molecular weight is 444 g/mol. The molecule has 1 aromatic heterocycles. The smallest absolute Gasteiger partial charge is 0.191 e. The molecular formula is C23H29N3O4S. The first-order valence-electron chi connectivity index (χ1n) is 10.2. The molecular weight excluding hydrogens is 414 g/mol. The van der Waals surface area contributed by atoms with Crippen LogP contribution in [0.15, 0.2) is 47.6 Å². The van der Waals surface area contributed by atoms with Gasteiger partial charge in [0.15, 0.2) is 22.5 Å². The first-order valence-corrected chi connectivity index (χ1v) is 11.1. The molecule has 1 heterocycles. The summed E-state index contributed by atoms with van der Waals surface area (Å²) in [6.45, 7) is 5.50. The normalized spacial score (nSPS) is 12.0. The SMILES string of the molecule is CCn1c(SCC(O)COCc2ccc(OC)c(OC)c2)nnc1-c1ccccc1C. The molecule has 0 saturated carbocycles. The fourth-order valence-corrected chi connectivity index (χ4v) is 4.11. The Balaban J connectivity index is 1.53. The topological polar surface area (TPSA) is 78.6 Å². The number of thioether (sulfide) groups is 1. The fourth-order valence-electron chi connectivity index (χ4n) is 3.21. The van der Waals surface area contributed by atoms with Crippen LogP contribution in [0.5, 0.6) is 11.5 Å². The Morgan fingerprint density at radius 3 is 2.55 bits per heavy atom. The summed E-state index contributed by atoms with van der Waals surface area (Å²) in [6, 6.07) is 13.8. The standard InChI is InChI=1S/C23H29N3O4S/c1-5-26-22(19-9-7-6-8-16(19)2)24-25-23(26)31-15-18(27)14-30-13-17-10-11-20(28-3)21(12-17)29-4/h6-12,18,27H,5,13-15H2,1-4H3. The molecule has 1 unspecified atom stereocenters. The van der Waals surface area contributed by atoms with Gasteiger partial charge < -0.3 is 23.9 Å². The summed E-state index contributed by atoms with van der Waals surface area (Å²) in [4.78, 5) is 0. The van der Waals surface area contributed by atoms with E-state index in [2.05, 4.69) is 40.7 Å². The molecule has 1 N–H and O–H groups in total. The quantitative estimate of drug-likeness (QED) is 0.449.